The summed E-state index contributed by atoms with van der Waals surface area (Å²) >= 11 is 0. The fourth-order valence-electron chi connectivity index (χ4n) is 3.83. The third kappa shape index (κ3) is 3.13. The third-order valence-electron chi connectivity index (χ3n) is 5.39. The number of pyridine rings is 1. The lowest BCUT2D eigenvalue weighted by Gasteiger charge is -2.13. The number of fused-ring (bicyclic) bond motifs is 3. The number of benzene rings is 3. The molecular formula is C25H21N3O3. The Morgan fingerprint density at radius 1 is 0.710 bits per heavy atom. The van der Waals surface area contributed by atoms with E-state index in [-0.39, 0.29) is 0 Å². The molecule has 0 saturated carbocycles. The smallest absolute Gasteiger partial charge is 0.164 e. The Bertz CT molecular complexity index is 1380. The molecule has 0 N–H and O–H groups in total. The van der Waals surface area contributed by atoms with E-state index in [1.165, 1.54) is 0 Å². The highest BCUT2D eigenvalue weighted by atomic mass is 16.5. The summed E-state index contributed by atoms with van der Waals surface area (Å²) in [6.45, 7) is 0. The molecule has 6 nitrogen and oxygen atoms in total. The molecule has 5 rings (SSSR count). The Hall–Kier alpha value is -4.06. The lowest BCUT2D eigenvalue weighted by atomic mass is 10.0. The van der Waals surface area contributed by atoms with Gasteiger partial charge in [-0.25, -0.2) is 9.67 Å². The van der Waals surface area contributed by atoms with Gasteiger partial charge in [0.05, 0.1) is 38.9 Å². The second-order valence-electron chi connectivity index (χ2n) is 7.07. The first-order chi connectivity index (χ1) is 15.2. The minimum Gasteiger partial charge on any atom is -0.497 e. The van der Waals surface area contributed by atoms with Crippen molar-refractivity contribution < 1.29 is 14.2 Å². The van der Waals surface area contributed by atoms with Crippen molar-refractivity contribution in [1.82, 2.24) is 14.8 Å². The Kier molecular flexibility index (Phi) is 4.67. The molecule has 2 heterocycles. The highest BCUT2D eigenvalue weighted by molar-refractivity contribution is 6.11. The van der Waals surface area contributed by atoms with Gasteiger partial charge in [0.15, 0.2) is 17.1 Å². The summed E-state index contributed by atoms with van der Waals surface area (Å²) in [5.74, 6) is 2.11. The Morgan fingerprint density at radius 2 is 1.39 bits per heavy atom. The van der Waals surface area contributed by atoms with Crippen LogP contribution >= 0.6 is 0 Å². The van der Waals surface area contributed by atoms with Crippen LogP contribution in [0.3, 0.4) is 0 Å². The van der Waals surface area contributed by atoms with E-state index in [1.54, 1.807) is 21.3 Å². The van der Waals surface area contributed by atoms with Gasteiger partial charge in [0.1, 0.15) is 5.75 Å². The predicted molar refractivity (Wildman–Crippen MR) is 121 cm³/mol. The van der Waals surface area contributed by atoms with Crippen molar-refractivity contribution in [1.29, 1.82) is 0 Å². The number of aromatic nitrogens is 3. The number of hydrogen-bond donors (Lipinski definition) is 0. The molecule has 0 fully saturated rings. The highest BCUT2D eigenvalue weighted by Crippen LogP contribution is 2.40. The molecule has 6 heteroatoms. The molecule has 0 radical (unpaired) electrons. The highest BCUT2D eigenvalue weighted by Gasteiger charge is 2.18. The quantitative estimate of drug-likeness (QED) is 0.394. The molecule has 0 atom stereocenters. The first-order valence-corrected chi connectivity index (χ1v) is 9.87. The van der Waals surface area contributed by atoms with Crippen LogP contribution in [0.2, 0.25) is 0 Å². The van der Waals surface area contributed by atoms with Crippen molar-refractivity contribution in [3.8, 4) is 34.2 Å². The van der Waals surface area contributed by atoms with Gasteiger partial charge in [0, 0.05) is 21.7 Å². The minimum atomic E-state index is 0.654. The summed E-state index contributed by atoms with van der Waals surface area (Å²) in [7, 11) is 4.93. The Balaban J connectivity index is 1.87. The molecule has 0 aliphatic rings. The zero-order chi connectivity index (χ0) is 21.4. The van der Waals surface area contributed by atoms with Crippen LogP contribution in [-0.2, 0) is 0 Å². The molecule has 0 amide bonds. The van der Waals surface area contributed by atoms with Gasteiger partial charge in [0.2, 0.25) is 0 Å². The van der Waals surface area contributed by atoms with E-state index in [0.29, 0.717) is 11.5 Å². The number of para-hydroxylation sites is 1. The van der Waals surface area contributed by atoms with Crippen LogP contribution in [0.1, 0.15) is 0 Å². The topological polar surface area (TPSA) is 58.4 Å². The first kappa shape index (κ1) is 18.9. The van der Waals surface area contributed by atoms with Gasteiger partial charge >= 0.3 is 0 Å². The molecule has 31 heavy (non-hydrogen) atoms. The maximum atomic E-state index is 5.57. The molecule has 154 valence electrons. The summed E-state index contributed by atoms with van der Waals surface area (Å²) in [6.07, 6.45) is 1.85. The van der Waals surface area contributed by atoms with E-state index in [1.807, 2.05) is 77.6 Å². The molecule has 0 saturated heterocycles. The number of hydrogen-bond acceptors (Lipinski definition) is 5. The normalized spacial score (nSPS) is 11.1. The monoisotopic (exact) mass is 411 g/mol. The standard InChI is InChI=1S/C25H21N3O3/c1-29-18-11-9-16(10-12-18)24-20-14-23(31-3)22(30-2)13-19(20)21-15-26-28(25(21)27-24)17-7-5-4-6-8-17/h4-15H,1-3H3. The maximum absolute atomic E-state index is 5.57. The summed E-state index contributed by atoms with van der Waals surface area (Å²) in [5, 5.41) is 7.54. The zero-order valence-corrected chi connectivity index (χ0v) is 17.5. The van der Waals surface area contributed by atoms with E-state index in [2.05, 4.69) is 5.10 Å². The predicted octanol–water partition coefficient (Wildman–Crippen LogP) is 5.27. The number of methoxy groups -OCH3 is 3. The first-order valence-electron chi connectivity index (χ1n) is 9.87. The van der Waals surface area contributed by atoms with Crippen LogP contribution in [0.5, 0.6) is 17.2 Å². The van der Waals surface area contributed by atoms with Gasteiger partial charge in [0.25, 0.3) is 0 Å². The average molecular weight is 411 g/mol. The van der Waals surface area contributed by atoms with Gasteiger partial charge in [-0.3, -0.25) is 0 Å². The summed E-state index contributed by atoms with van der Waals surface area (Å²) in [5.41, 5.74) is 3.53. The van der Waals surface area contributed by atoms with E-state index < -0.39 is 0 Å². The zero-order valence-electron chi connectivity index (χ0n) is 17.5. The average Bonchev–Trinajstić information content (AvgIpc) is 3.27. The number of ether oxygens (including phenoxy) is 3. The van der Waals surface area contributed by atoms with Crippen molar-refractivity contribution in [2.24, 2.45) is 0 Å². The van der Waals surface area contributed by atoms with Crippen LogP contribution in [0, 0.1) is 0 Å². The summed E-state index contributed by atoms with van der Waals surface area (Å²) < 4.78 is 18.3. The molecule has 3 aromatic carbocycles. The fourth-order valence-corrected chi connectivity index (χ4v) is 3.83. The number of rotatable bonds is 5. The van der Waals surface area contributed by atoms with Crippen molar-refractivity contribution in [2.45, 2.75) is 0 Å². The second-order valence-corrected chi connectivity index (χ2v) is 7.07. The second kappa shape index (κ2) is 7.65. The van der Waals surface area contributed by atoms with Crippen molar-refractivity contribution in [3.05, 3.63) is 72.9 Å². The fraction of sp³-hybridized carbons (Fsp3) is 0.120. The van der Waals surface area contributed by atoms with Crippen LogP contribution in [-0.4, -0.2) is 36.1 Å². The molecule has 0 aliphatic heterocycles. The Labute approximate surface area is 179 Å². The van der Waals surface area contributed by atoms with E-state index in [9.17, 15) is 0 Å². The molecule has 5 aromatic rings. The van der Waals surface area contributed by atoms with E-state index in [0.717, 1.165) is 44.5 Å². The summed E-state index contributed by atoms with van der Waals surface area (Å²) in [4.78, 5) is 5.06. The van der Waals surface area contributed by atoms with E-state index >= 15 is 0 Å². The molecule has 0 aliphatic carbocycles. The largest absolute Gasteiger partial charge is 0.497 e. The van der Waals surface area contributed by atoms with E-state index in [4.69, 9.17) is 19.2 Å². The molecule has 0 bridgehead atoms. The van der Waals surface area contributed by atoms with Gasteiger partial charge in [-0.05, 0) is 48.5 Å². The lowest BCUT2D eigenvalue weighted by molar-refractivity contribution is 0.356. The van der Waals surface area contributed by atoms with Gasteiger partial charge in [-0.15, -0.1) is 0 Å². The van der Waals surface area contributed by atoms with Crippen LogP contribution in [0.4, 0.5) is 0 Å². The van der Waals surface area contributed by atoms with Gasteiger partial charge < -0.3 is 14.2 Å². The van der Waals surface area contributed by atoms with Crippen molar-refractivity contribution >= 4 is 21.8 Å². The van der Waals surface area contributed by atoms with Crippen molar-refractivity contribution in [2.75, 3.05) is 21.3 Å². The molecular weight excluding hydrogens is 390 g/mol. The SMILES string of the molecule is COc1ccc(-c2nc3c(cnn3-c3ccccc3)c3cc(OC)c(OC)cc23)cc1. The van der Waals surface area contributed by atoms with Crippen LogP contribution < -0.4 is 14.2 Å². The molecule has 0 unspecified atom stereocenters. The molecule has 0 spiro atoms. The minimum absolute atomic E-state index is 0.654. The van der Waals surface area contributed by atoms with Crippen LogP contribution in [0.15, 0.2) is 72.9 Å². The number of nitrogens with zero attached hydrogens (tertiary/aromatic N) is 3. The van der Waals surface area contributed by atoms with Gasteiger partial charge in [-0.2, -0.15) is 5.10 Å². The maximum Gasteiger partial charge on any atom is 0.164 e. The lowest BCUT2D eigenvalue weighted by Crippen LogP contribution is -1.99. The molecule has 2 aromatic heterocycles. The summed E-state index contributed by atoms with van der Waals surface area (Å²) in [6, 6.07) is 21.8. The Morgan fingerprint density at radius 3 is 2.03 bits per heavy atom. The van der Waals surface area contributed by atoms with Gasteiger partial charge in [-0.1, -0.05) is 18.2 Å². The third-order valence-corrected chi connectivity index (χ3v) is 5.39. The van der Waals surface area contributed by atoms with Crippen LogP contribution in [0.25, 0.3) is 38.8 Å². The van der Waals surface area contributed by atoms with Crippen molar-refractivity contribution in [3.63, 3.8) is 0 Å².